The summed E-state index contributed by atoms with van der Waals surface area (Å²) in [6.07, 6.45) is 3.24. The zero-order valence-electron chi connectivity index (χ0n) is 9.79. The Morgan fingerprint density at radius 3 is 2.76 bits per heavy atom. The van der Waals surface area contributed by atoms with Crippen molar-refractivity contribution in [1.82, 2.24) is 9.88 Å². The van der Waals surface area contributed by atoms with E-state index in [0.717, 1.165) is 13.1 Å². The number of aromatic nitrogens is 1. The molecule has 17 heavy (non-hydrogen) atoms. The van der Waals surface area contributed by atoms with Crippen LogP contribution in [0.5, 0.6) is 0 Å². The SMILES string of the molecule is N#C[C@@H](CN1CCCC1)[C@@H](O)c1ccccn1. The number of aliphatic hydroxyl groups excluding tert-OH is 1. The Kier molecular flexibility index (Phi) is 4.08. The minimum absolute atomic E-state index is 0.400. The lowest BCUT2D eigenvalue weighted by Gasteiger charge is -2.22. The highest BCUT2D eigenvalue weighted by molar-refractivity contribution is 5.10. The van der Waals surface area contributed by atoms with Crippen LogP contribution in [0, 0.1) is 17.2 Å². The summed E-state index contributed by atoms with van der Waals surface area (Å²) in [6, 6.07) is 7.59. The van der Waals surface area contributed by atoms with E-state index in [1.54, 1.807) is 18.3 Å². The molecule has 1 N–H and O–H groups in total. The number of nitrogens with zero attached hydrogens (tertiary/aromatic N) is 3. The van der Waals surface area contributed by atoms with Crippen LogP contribution in [-0.2, 0) is 0 Å². The van der Waals surface area contributed by atoms with Crippen LogP contribution in [0.4, 0.5) is 0 Å². The van der Waals surface area contributed by atoms with Crippen LogP contribution in [0.25, 0.3) is 0 Å². The van der Waals surface area contributed by atoms with Crippen molar-refractivity contribution in [2.45, 2.75) is 18.9 Å². The maximum atomic E-state index is 10.1. The van der Waals surface area contributed by atoms with Gasteiger partial charge in [0.25, 0.3) is 0 Å². The van der Waals surface area contributed by atoms with Gasteiger partial charge in [-0.05, 0) is 38.1 Å². The molecule has 2 atom stereocenters. The molecule has 0 amide bonds. The molecule has 1 aliphatic heterocycles. The number of hydrogen-bond donors (Lipinski definition) is 1. The van der Waals surface area contributed by atoms with Crippen LogP contribution in [0.3, 0.4) is 0 Å². The van der Waals surface area contributed by atoms with Gasteiger partial charge >= 0.3 is 0 Å². The summed E-state index contributed by atoms with van der Waals surface area (Å²) in [5.74, 6) is -0.400. The Hall–Kier alpha value is -1.44. The average molecular weight is 231 g/mol. The van der Waals surface area contributed by atoms with Gasteiger partial charge in [0, 0.05) is 12.7 Å². The molecule has 0 aliphatic carbocycles. The molecule has 2 rings (SSSR count). The number of rotatable bonds is 4. The van der Waals surface area contributed by atoms with E-state index in [0.29, 0.717) is 12.2 Å². The van der Waals surface area contributed by atoms with Crippen LogP contribution in [0.1, 0.15) is 24.6 Å². The minimum atomic E-state index is -0.790. The van der Waals surface area contributed by atoms with E-state index in [1.807, 2.05) is 6.07 Å². The first-order chi connectivity index (χ1) is 8.31. The highest BCUT2D eigenvalue weighted by Crippen LogP contribution is 2.22. The predicted molar refractivity (Wildman–Crippen MR) is 64.0 cm³/mol. The standard InChI is InChI=1S/C13H17N3O/c14-9-11(10-16-7-3-4-8-16)13(17)12-5-1-2-6-15-12/h1-2,5-6,11,13,17H,3-4,7-8,10H2/t11-,13+/m0/s1. The van der Waals surface area contributed by atoms with Gasteiger partial charge < -0.3 is 10.0 Å². The molecular formula is C13H17N3O. The Morgan fingerprint density at radius 2 is 2.18 bits per heavy atom. The molecule has 0 spiro atoms. The molecule has 0 unspecified atom stereocenters. The van der Waals surface area contributed by atoms with Gasteiger partial charge in [-0.15, -0.1) is 0 Å². The minimum Gasteiger partial charge on any atom is -0.385 e. The monoisotopic (exact) mass is 231 g/mol. The number of pyridine rings is 1. The number of likely N-dealkylation sites (tertiary alicyclic amines) is 1. The first kappa shape index (κ1) is 12.0. The van der Waals surface area contributed by atoms with Crippen molar-refractivity contribution in [1.29, 1.82) is 5.26 Å². The zero-order chi connectivity index (χ0) is 12.1. The fourth-order valence-electron chi connectivity index (χ4n) is 2.21. The Balaban J connectivity index is 2.00. The lowest BCUT2D eigenvalue weighted by molar-refractivity contribution is 0.109. The fraction of sp³-hybridized carbons (Fsp3) is 0.538. The van der Waals surface area contributed by atoms with Gasteiger partial charge in [-0.3, -0.25) is 4.98 Å². The Morgan fingerprint density at radius 1 is 1.41 bits per heavy atom. The predicted octanol–water partition coefficient (Wildman–Crippen LogP) is 1.35. The summed E-state index contributed by atoms with van der Waals surface area (Å²) in [5, 5.41) is 19.3. The highest BCUT2D eigenvalue weighted by Gasteiger charge is 2.25. The third kappa shape index (κ3) is 3.02. The van der Waals surface area contributed by atoms with Crippen LogP contribution >= 0.6 is 0 Å². The molecule has 0 saturated carbocycles. The lowest BCUT2D eigenvalue weighted by Crippen LogP contribution is -2.29. The Labute approximate surface area is 102 Å². The van der Waals surface area contributed by atoms with Gasteiger partial charge in [0.1, 0.15) is 6.10 Å². The van der Waals surface area contributed by atoms with Crippen molar-refractivity contribution >= 4 is 0 Å². The second-order valence-electron chi connectivity index (χ2n) is 4.44. The summed E-state index contributed by atoms with van der Waals surface area (Å²) in [6.45, 7) is 2.70. The van der Waals surface area contributed by atoms with Gasteiger partial charge in [0.2, 0.25) is 0 Å². The molecule has 1 saturated heterocycles. The van der Waals surface area contributed by atoms with Crippen molar-refractivity contribution in [3.8, 4) is 6.07 Å². The molecule has 0 radical (unpaired) electrons. The number of aliphatic hydroxyl groups is 1. The van der Waals surface area contributed by atoms with Crippen molar-refractivity contribution in [3.63, 3.8) is 0 Å². The molecular weight excluding hydrogens is 214 g/mol. The van der Waals surface area contributed by atoms with Crippen molar-refractivity contribution in [3.05, 3.63) is 30.1 Å². The fourth-order valence-corrected chi connectivity index (χ4v) is 2.21. The van der Waals surface area contributed by atoms with Crippen molar-refractivity contribution in [2.75, 3.05) is 19.6 Å². The Bertz CT molecular complexity index is 381. The van der Waals surface area contributed by atoms with E-state index in [-0.39, 0.29) is 0 Å². The quantitative estimate of drug-likeness (QED) is 0.849. The molecule has 0 bridgehead atoms. The van der Waals surface area contributed by atoms with Crippen LogP contribution in [0.2, 0.25) is 0 Å². The van der Waals surface area contributed by atoms with E-state index in [9.17, 15) is 5.11 Å². The van der Waals surface area contributed by atoms with Gasteiger partial charge in [-0.2, -0.15) is 5.26 Å². The van der Waals surface area contributed by atoms with Gasteiger partial charge in [-0.25, -0.2) is 0 Å². The largest absolute Gasteiger partial charge is 0.385 e. The van der Waals surface area contributed by atoms with Crippen molar-refractivity contribution < 1.29 is 5.11 Å². The molecule has 1 aliphatic rings. The molecule has 4 nitrogen and oxygen atoms in total. The topological polar surface area (TPSA) is 60.2 Å². The highest BCUT2D eigenvalue weighted by atomic mass is 16.3. The van der Waals surface area contributed by atoms with Crippen LogP contribution in [-0.4, -0.2) is 34.6 Å². The maximum absolute atomic E-state index is 10.1. The van der Waals surface area contributed by atoms with E-state index in [1.165, 1.54) is 12.8 Å². The smallest absolute Gasteiger partial charge is 0.113 e. The van der Waals surface area contributed by atoms with Crippen LogP contribution < -0.4 is 0 Å². The second-order valence-corrected chi connectivity index (χ2v) is 4.44. The molecule has 4 heteroatoms. The summed E-state index contributed by atoms with van der Waals surface area (Å²) in [4.78, 5) is 6.34. The summed E-state index contributed by atoms with van der Waals surface area (Å²) in [5.41, 5.74) is 0.582. The number of nitriles is 1. The van der Waals surface area contributed by atoms with E-state index < -0.39 is 12.0 Å². The molecule has 2 heterocycles. The molecule has 90 valence electrons. The second kappa shape index (κ2) is 5.76. The normalized spacial score (nSPS) is 19.8. The molecule has 1 fully saturated rings. The van der Waals surface area contributed by atoms with Gasteiger partial charge in [0.05, 0.1) is 17.7 Å². The molecule has 1 aromatic heterocycles. The van der Waals surface area contributed by atoms with E-state index in [4.69, 9.17) is 5.26 Å². The first-order valence-corrected chi connectivity index (χ1v) is 6.02. The van der Waals surface area contributed by atoms with Crippen molar-refractivity contribution in [2.24, 2.45) is 5.92 Å². The number of hydrogen-bond acceptors (Lipinski definition) is 4. The molecule has 0 aromatic carbocycles. The lowest BCUT2D eigenvalue weighted by atomic mass is 10.0. The van der Waals surface area contributed by atoms with E-state index >= 15 is 0 Å². The first-order valence-electron chi connectivity index (χ1n) is 6.02. The average Bonchev–Trinajstić information content (AvgIpc) is 2.89. The molecule has 1 aromatic rings. The summed E-state index contributed by atoms with van der Waals surface area (Å²) >= 11 is 0. The van der Waals surface area contributed by atoms with Gasteiger partial charge in [-0.1, -0.05) is 6.07 Å². The third-order valence-electron chi connectivity index (χ3n) is 3.19. The van der Waals surface area contributed by atoms with E-state index in [2.05, 4.69) is 16.0 Å². The third-order valence-corrected chi connectivity index (χ3v) is 3.19. The van der Waals surface area contributed by atoms with Gasteiger partial charge in [0.15, 0.2) is 0 Å². The summed E-state index contributed by atoms with van der Waals surface area (Å²) in [7, 11) is 0. The zero-order valence-corrected chi connectivity index (χ0v) is 9.79. The summed E-state index contributed by atoms with van der Waals surface area (Å²) < 4.78 is 0. The van der Waals surface area contributed by atoms with Crippen LogP contribution in [0.15, 0.2) is 24.4 Å². The maximum Gasteiger partial charge on any atom is 0.113 e.